The molecule has 1 aromatic carbocycles. The molecule has 0 saturated carbocycles. The first-order valence-electron chi connectivity index (χ1n) is 8.36. The Labute approximate surface area is 166 Å². The number of furan rings is 1. The van der Waals surface area contributed by atoms with E-state index in [0.29, 0.717) is 17.1 Å². The Morgan fingerprint density at radius 2 is 1.86 bits per heavy atom. The summed E-state index contributed by atoms with van der Waals surface area (Å²) in [6.45, 7) is 3.76. The number of rotatable bonds is 6. The number of hydrogen-bond acceptors (Lipinski definition) is 5. The highest BCUT2D eigenvalue weighted by atomic mass is 32.1. The van der Waals surface area contributed by atoms with Crippen LogP contribution in [0.2, 0.25) is 0 Å². The van der Waals surface area contributed by atoms with Crippen molar-refractivity contribution in [2.75, 3.05) is 6.54 Å². The van der Waals surface area contributed by atoms with Crippen LogP contribution in [0.4, 0.5) is 0 Å². The van der Waals surface area contributed by atoms with Crippen LogP contribution in [-0.4, -0.2) is 34.2 Å². The lowest BCUT2D eigenvalue weighted by atomic mass is 10.1. The minimum Gasteiger partial charge on any atom is -0.457 e. The van der Waals surface area contributed by atoms with Crippen LogP contribution >= 0.6 is 12.2 Å². The van der Waals surface area contributed by atoms with Crippen LogP contribution < -0.4 is 5.32 Å². The predicted molar refractivity (Wildman–Crippen MR) is 109 cm³/mol. The highest BCUT2D eigenvalue weighted by Gasteiger charge is 2.32. The van der Waals surface area contributed by atoms with Gasteiger partial charge in [0.15, 0.2) is 10.9 Å². The third-order valence-electron chi connectivity index (χ3n) is 3.89. The smallest absolute Gasteiger partial charge is 0.266 e. The van der Waals surface area contributed by atoms with E-state index in [1.807, 2.05) is 6.07 Å². The van der Waals surface area contributed by atoms with E-state index >= 15 is 0 Å². The van der Waals surface area contributed by atoms with E-state index in [1.165, 1.54) is 29.2 Å². The maximum absolute atomic E-state index is 12.5. The van der Waals surface area contributed by atoms with Crippen molar-refractivity contribution >= 4 is 47.1 Å². The Morgan fingerprint density at radius 3 is 2.57 bits per heavy atom. The van der Waals surface area contributed by atoms with Crippen LogP contribution in [0.5, 0.6) is 0 Å². The zero-order chi connectivity index (χ0) is 20.1. The van der Waals surface area contributed by atoms with Gasteiger partial charge in [0.2, 0.25) is 0 Å². The second kappa shape index (κ2) is 8.41. The van der Waals surface area contributed by atoms with E-state index < -0.39 is 11.8 Å². The van der Waals surface area contributed by atoms with Crippen LogP contribution in [0.3, 0.4) is 0 Å². The van der Waals surface area contributed by atoms with Gasteiger partial charge in [-0.2, -0.15) is 0 Å². The van der Waals surface area contributed by atoms with Gasteiger partial charge >= 0.3 is 0 Å². The molecule has 0 spiro atoms. The average molecular weight is 392 g/mol. The first-order valence-corrected chi connectivity index (χ1v) is 8.77. The third kappa shape index (κ3) is 4.21. The fourth-order valence-electron chi connectivity index (χ4n) is 2.52. The van der Waals surface area contributed by atoms with Gasteiger partial charge in [-0.15, -0.1) is 6.58 Å². The summed E-state index contributed by atoms with van der Waals surface area (Å²) in [5.41, 5.74) is 0.469. The number of ketones is 1. The second-order valence-corrected chi connectivity index (χ2v) is 6.21. The van der Waals surface area contributed by atoms with Gasteiger partial charge < -0.3 is 4.42 Å². The summed E-state index contributed by atoms with van der Waals surface area (Å²) >= 11 is 5.00. The summed E-state index contributed by atoms with van der Waals surface area (Å²) in [5.74, 6) is -0.563. The van der Waals surface area contributed by atoms with E-state index in [9.17, 15) is 14.4 Å². The fraction of sp³-hybridized carbons (Fsp3) is 0.0476. The molecule has 1 aromatic heterocycles. The molecule has 0 aliphatic carbocycles. The molecular weight excluding hydrogens is 376 g/mol. The number of hydrogen-bond donors (Lipinski definition) is 1. The number of allylic oxidation sites excluding steroid dienone is 1. The lowest BCUT2D eigenvalue weighted by Gasteiger charge is -2.27. The van der Waals surface area contributed by atoms with E-state index in [-0.39, 0.29) is 23.0 Å². The van der Waals surface area contributed by atoms with E-state index in [2.05, 4.69) is 11.9 Å². The Bertz CT molecular complexity index is 1020. The summed E-state index contributed by atoms with van der Waals surface area (Å²) in [4.78, 5) is 37.9. The largest absolute Gasteiger partial charge is 0.457 e. The van der Waals surface area contributed by atoms with Crippen molar-refractivity contribution in [1.82, 2.24) is 10.2 Å². The third-order valence-corrected chi connectivity index (χ3v) is 4.21. The predicted octanol–water partition coefficient (Wildman–Crippen LogP) is 2.99. The van der Waals surface area contributed by atoms with Crippen LogP contribution in [0.25, 0.3) is 12.2 Å². The number of carbonyl (C=O) groups is 3. The van der Waals surface area contributed by atoms with Crippen LogP contribution in [-0.2, 0) is 9.59 Å². The van der Waals surface area contributed by atoms with Crippen molar-refractivity contribution in [3.63, 3.8) is 0 Å². The Morgan fingerprint density at radius 1 is 1.14 bits per heavy atom. The molecule has 0 radical (unpaired) electrons. The molecule has 140 valence electrons. The van der Waals surface area contributed by atoms with Gasteiger partial charge in [-0.3, -0.25) is 24.6 Å². The number of benzene rings is 1. The maximum atomic E-state index is 12.5. The van der Waals surface area contributed by atoms with E-state index in [4.69, 9.17) is 16.6 Å². The molecule has 0 unspecified atom stereocenters. The van der Waals surface area contributed by atoms with Crippen molar-refractivity contribution < 1.29 is 18.8 Å². The molecule has 1 N–H and O–H groups in total. The molecule has 2 heterocycles. The molecule has 3 rings (SSSR count). The van der Waals surface area contributed by atoms with E-state index in [1.54, 1.807) is 36.4 Å². The molecule has 6 nitrogen and oxygen atoms in total. The highest BCUT2D eigenvalue weighted by molar-refractivity contribution is 7.80. The molecule has 1 aliphatic rings. The van der Waals surface area contributed by atoms with Gasteiger partial charge in [-0.25, -0.2) is 0 Å². The van der Waals surface area contributed by atoms with Crippen molar-refractivity contribution in [2.45, 2.75) is 0 Å². The maximum Gasteiger partial charge on any atom is 0.266 e. The van der Waals surface area contributed by atoms with Gasteiger partial charge in [0.1, 0.15) is 17.1 Å². The van der Waals surface area contributed by atoms with Crippen molar-refractivity contribution in [1.29, 1.82) is 0 Å². The topological polar surface area (TPSA) is 79.6 Å². The first kappa shape index (κ1) is 19.2. The highest BCUT2D eigenvalue weighted by Crippen LogP contribution is 2.17. The number of carbonyl (C=O) groups excluding carboxylic acids is 3. The monoisotopic (exact) mass is 392 g/mol. The Hall–Kier alpha value is -3.58. The molecule has 28 heavy (non-hydrogen) atoms. The first-order chi connectivity index (χ1) is 13.5. The summed E-state index contributed by atoms with van der Waals surface area (Å²) in [5, 5.41) is 2.50. The molecule has 1 aliphatic heterocycles. The summed E-state index contributed by atoms with van der Waals surface area (Å²) in [7, 11) is 0. The summed E-state index contributed by atoms with van der Waals surface area (Å²) < 4.78 is 5.57. The lowest BCUT2D eigenvalue weighted by molar-refractivity contribution is -0.128. The Kier molecular flexibility index (Phi) is 5.76. The van der Waals surface area contributed by atoms with Gasteiger partial charge in [-0.05, 0) is 42.6 Å². The summed E-state index contributed by atoms with van der Waals surface area (Å²) in [6.07, 6.45) is 5.78. The van der Waals surface area contributed by atoms with Crippen LogP contribution in [0.1, 0.15) is 21.9 Å². The minimum atomic E-state index is -0.594. The lowest BCUT2D eigenvalue weighted by Crippen LogP contribution is -2.53. The van der Waals surface area contributed by atoms with Crippen LogP contribution in [0.15, 0.2) is 71.2 Å². The van der Waals surface area contributed by atoms with Crippen molar-refractivity contribution in [2.24, 2.45) is 0 Å². The molecule has 0 bridgehead atoms. The van der Waals surface area contributed by atoms with Gasteiger partial charge in [-0.1, -0.05) is 36.4 Å². The molecule has 1 fully saturated rings. The van der Waals surface area contributed by atoms with Gasteiger partial charge in [0, 0.05) is 12.1 Å². The molecule has 2 aromatic rings. The van der Waals surface area contributed by atoms with Crippen LogP contribution in [0, 0.1) is 0 Å². The number of thiocarbonyl (C=S) groups is 1. The number of nitrogens with one attached hydrogen (secondary N) is 1. The zero-order valence-corrected chi connectivity index (χ0v) is 15.6. The number of amides is 2. The summed E-state index contributed by atoms with van der Waals surface area (Å²) in [6, 6.07) is 12.1. The fourth-order valence-corrected chi connectivity index (χ4v) is 2.77. The molecule has 7 heteroatoms. The Balaban J connectivity index is 1.78. The SMILES string of the molecule is C=CCN1C(=O)C(=Cc2ccc(C=CC(=O)c3ccccc3)o2)C(=O)NC1=S. The van der Waals surface area contributed by atoms with E-state index in [0.717, 1.165) is 0 Å². The van der Waals surface area contributed by atoms with Crippen molar-refractivity contribution in [3.05, 3.63) is 83.9 Å². The van der Waals surface area contributed by atoms with Gasteiger partial charge in [0.05, 0.1) is 0 Å². The van der Waals surface area contributed by atoms with Crippen molar-refractivity contribution in [3.8, 4) is 0 Å². The number of nitrogens with zero attached hydrogens (tertiary/aromatic N) is 1. The molecule has 1 saturated heterocycles. The molecule has 2 amide bonds. The minimum absolute atomic E-state index is 0.0366. The normalized spacial score (nSPS) is 15.9. The quantitative estimate of drug-likeness (QED) is 0.269. The van der Waals surface area contributed by atoms with Gasteiger partial charge in [0.25, 0.3) is 11.8 Å². The molecule has 0 atom stereocenters. The second-order valence-electron chi connectivity index (χ2n) is 5.83. The molecular formula is C21H16N2O4S. The standard InChI is InChI=1S/C21H16N2O4S/c1-2-12-23-20(26)17(19(25)22-21(23)28)13-16-9-8-15(27-16)10-11-18(24)14-6-4-3-5-7-14/h2-11,13H,1,12H2,(H,22,25,28). The average Bonchev–Trinajstić information content (AvgIpc) is 3.15. The zero-order valence-electron chi connectivity index (χ0n) is 14.8.